The zero-order chi connectivity index (χ0) is 99.3. The number of aromatic nitrogens is 16. The van der Waals surface area contributed by atoms with E-state index >= 15 is 8.78 Å². The van der Waals surface area contributed by atoms with Crippen molar-refractivity contribution < 1.29 is 82.5 Å². The molecule has 17 N–H and O–H groups in total. The van der Waals surface area contributed by atoms with Gasteiger partial charge in [-0.3, -0.25) is 9.97 Å². The number of aliphatic hydroxyl groups excluding tert-OH is 9. The number of nitrogens with one attached hydrogen (secondary N) is 8. The van der Waals surface area contributed by atoms with Crippen LogP contribution in [0, 0.1) is 93.1 Å². The summed E-state index contributed by atoms with van der Waals surface area (Å²) in [6.07, 6.45) is 3.37. The predicted molar refractivity (Wildman–Crippen MR) is 534 cm³/mol. The number of aryl methyl sites for hydroxylation is 6. The molecule has 8 aliphatic rings. The number of alkyl halides is 2. The van der Waals surface area contributed by atoms with Crippen LogP contribution in [0.1, 0.15) is 129 Å². The van der Waals surface area contributed by atoms with Crippen molar-refractivity contribution in [2.24, 2.45) is 46.8 Å². The summed E-state index contributed by atoms with van der Waals surface area (Å²) in [7, 11) is 1.70. The fraction of sp³-hybridized carbons (Fsp3) is 0.531. The molecule has 8 saturated carbocycles. The molecule has 21 rings (SSSR count). The van der Waals surface area contributed by atoms with Gasteiger partial charge in [-0.05, 0) is 165 Å². The molecule has 0 amide bonds. The minimum atomic E-state index is -2.79. The molecule has 0 bridgehead atoms. The Morgan fingerprint density at radius 3 is 1.31 bits per heavy atom. The first-order valence-electron chi connectivity index (χ1n) is 48.8. The maximum Gasteiger partial charge on any atom is 0.248 e. The van der Waals surface area contributed by atoms with Gasteiger partial charge in [0.05, 0.1) is 124 Å². The molecule has 37 nitrogen and oxygen atoms in total. The topological polar surface area (TPSA) is 521 Å². The lowest BCUT2D eigenvalue weighted by molar-refractivity contribution is -0.106. The SMILES string of the molecule is CCc1cc2sc(-c3c(C)nc(NCc4c(F)cccc4F)nc3NC3CC(CO)C(Oc4nccc5sc(-c6c(C)nc(NCC7CC(F)(F)C7)nc6NC6CC(CO)C(Oc7nccc8sc(-c9c(C)nc(NCC%10CC(OC)C%10)nc9NC9CC(CO)C(O)C9O)nc78)C6O)nc45)C3O)nc2c(CCOC2C(Nc3nc(NCC4CC5(CC5)C4)nc(C)c3-c3nc4c(C)nccc4s3)CC(CO)C2O)n1. The number of aliphatic hydroxyl groups is 9. The highest BCUT2D eigenvalue weighted by molar-refractivity contribution is 7.23. The number of pyridine rings is 4. The van der Waals surface area contributed by atoms with Crippen LogP contribution in [0.3, 0.4) is 0 Å². The smallest absolute Gasteiger partial charge is 0.248 e. The molecule has 8 aliphatic carbocycles. The minimum absolute atomic E-state index is 0.00279. The molecular formula is C98H114F4N24O13S4. The van der Waals surface area contributed by atoms with Gasteiger partial charge in [-0.25, -0.2) is 67.4 Å². The summed E-state index contributed by atoms with van der Waals surface area (Å²) in [6, 6.07) is 7.94. The van der Waals surface area contributed by atoms with Crippen LogP contribution in [0.2, 0.25) is 0 Å². The van der Waals surface area contributed by atoms with Crippen LogP contribution in [-0.4, -0.2) is 271 Å². The van der Waals surface area contributed by atoms with E-state index in [2.05, 4.69) is 52.5 Å². The number of nitrogens with zero attached hydrogens (tertiary/aromatic N) is 16. The van der Waals surface area contributed by atoms with Crippen LogP contribution in [0.5, 0.6) is 11.8 Å². The van der Waals surface area contributed by atoms with E-state index in [1.54, 1.807) is 45.5 Å². The van der Waals surface area contributed by atoms with E-state index in [1.165, 1.54) is 83.3 Å². The van der Waals surface area contributed by atoms with Gasteiger partial charge < -0.3 is 107 Å². The second kappa shape index (κ2) is 40.4. The Balaban J connectivity index is 0.544. The normalized spacial score (nSPS) is 26.4. The number of methoxy groups -OCH3 is 1. The third-order valence-corrected chi connectivity index (χ3v) is 34.0. The molecule has 0 radical (unpaired) electrons. The molecule has 16 atom stereocenters. The number of fused-ring (bicyclic) bond motifs is 4. The summed E-state index contributed by atoms with van der Waals surface area (Å²) in [4.78, 5) is 79.2. The predicted octanol–water partition coefficient (Wildman–Crippen LogP) is 11.9. The van der Waals surface area contributed by atoms with Crippen LogP contribution in [0.4, 0.5) is 64.6 Å². The average Bonchev–Trinajstić information content (AvgIpc) is 1.59. The van der Waals surface area contributed by atoms with E-state index in [9.17, 15) is 54.7 Å². The van der Waals surface area contributed by atoms with Crippen molar-refractivity contribution in [3.05, 3.63) is 118 Å². The fourth-order valence-corrected chi connectivity index (χ4v) is 26.0. The zero-order valence-corrected chi connectivity index (χ0v) is 82.8. The Bertz CT molecular complexity index is 6870. The Hall–Kier alpha value is -11.0. The summed E-state index contributed by atoms with van der Waals surface area (Å²) in [6.45, 7) is 10.8. The highest BCUT2D eigenvalue weighted by Gasteiger charge is 2.54. The summed E-state index contributed by atoms with van der Waals surface area (Å²) in [5.41, 5.74) is 8.39. The number of rotatable bonds is 38. The van der Waals surface area contributed by atoms with Crippen LogP contribution in [0.25, 0.3) is 83.2 Å². The first kappa shape index (κ1) is 98.0. The largest absolute Gasteiger partial charge is 0.470 e. The van der Waals surface area contributed by atoms with Gasteiger partial charge in [-0.2, -0.15) is 19.9 Å². The minimum Gasteiger partial charge on any atom is -0.470 e. The van der Waals surface area contributed by atoms with Gasteiger partial charge in [-0.15, -0.1) is 45.3 Å². The Labute approximate surface area is 834 Å². The van der Waals surface area contributed by atoms with Gasteiger partial charge in [0.25, 0.3) is 0 Å². The van der Waals surface area contributed by atoms with Crippen molar-refractivity contribution in [1.29, 1.82) is 0 Å². The molecule has 1 spiro atoms. The third-order valence-electron chi connectivity index (χ3n) is 29.8. The lowest BCUT2D eigenvalue weighted by atomic mass is 9.72. The van der Waals surface area contributed by atoms with E-state index in [1.807, 2.05) is 39.8 Å². The van der Waals surface area contributed by atoms with E-state index < -0.39 is 127 Å². The first-order valence-corrected chi connectivity index (χ1v) is 52.1. The fourth-order valence-electron chi connectivity index (χ4n) is 21.7. The third kappa shape index (κ3) is 19.8. The molecule has 12 heterocycles. The van der Waals surface area contributed by atoms with Gasteiger partial charge in [0, 0.05) is 132 Å². The van der Waals surface area contributed by atoms with Crippen LogP contribution in [0.15, 0.2) is 61.1 Å². The van der Waals surface area contributed by atoms with Crippen molar-refractivity contribution in [2.45, 2.75) is 223 Å². The van der Waals surface area contributed by atoms with E-state index in [0.29, 0.717) is 151 Å². The lowest BCUT2D eigenvalue weighted by Gasteiger charge is -2.36. The first-order chi connectivity index (χ1) is 69.1. The number of ether oxygens (including phenoxy) is 4. The van der Waals surface area contributed by atoms with Gasteiger partial charge >= 0.3 is 0 Å². The molecule has 45 heteroatoms. The molecular weight excluding hydrogens is 1930 g/mol. The zero-order valence-electron chi connectivity index (χ0n) is 79.5. The molecule has 143 heavy (non-hydrogen) atoms. The number of hydrogen-bond acceptors (Lipinski definition) is 41. The number of benzene rings is 1. The summed E-state index contributed by atoms with van der Waals surface area (Å²) < 4.78 is 88.1. The maximum atomic E-state index is 15.4. The van der Waals surface area contributed by atoms with E-state index in [-0.39, 0.29) is 130 Å². The molecule has 0 aliphatic heterocycles. The quantitative estimate of drug-likeness (QED) is 0.0160. The van der Waals surface area contributed by atoms with Crippen molar-refractivity contribution in [1.82, 2.24) is 79.7 Å². The van der Waals surface area contributed by atoms with Gasteiger partial charge in [0.15, 0.2) is 0 Å². The van der Waals surface area contributed by atoms with Crippen LogP contribution >= 0.6 is 45.3 Å². The second-order valence-corrected chi connectivity index (χ2v) is 43.8. The standard InChI is InChI=1S/C98H114F4N24O13S4/c1-8-53-28-66-72(58(114-53)15-21-137-82-62(25-50(38-128)76(82)132)118-86-70(89-119-71-45(6)103-18-12-63(71)140-89)44(5)112-94(126-86)107-34-47-29-97(30-47)16-17-97)120-90(143-66)67-41(2)113-96(109-36-55-56(99)10-9-11-57(55)100)125-84(67)116-60-26-51(39-129)80(78(60)134)138-88-74-65(14-20-105-88)142-92(122-74)69-43(4)111-95(108-35-48-31-98(101,102)32-48)124-85(69)117-61-27-52(40-130)81(79(61)135)139-87-73-64(13-19-104-87)141-91(121-73)68-42(3)110-93(106-33-46-22-54(23-46)136-7)123-83(68)115-59-24-49(37-127)75(131)77(59)133/h9-14,18-20,28,46-52,54,59-62,75-82,127-135H,8,15-17,21-27,29-40H2,1-7H3,(H2,106,110,115,123)(H2,107,112,118,126)(H2,108,111,117,124)(H2,109,113,116,125). The van der Waals surface area contributed by atoms with Crippen LogP contribution < -0.4 is 52.0 Å². The molecule has 12 aromatic heterocycles. The van der Waals surface area contributed by atoms with Gasteiger partial charge in [-0.1, -0.05) is 13.0 Å². The Morgan fingerprint density at radius 1 is 0.427 bits per heavy atom. The lowest BCUT2D eigenvalue weighted by Crippen LogP contribution is -2.40. The van der Waals surface area contributed by atoms with Crippen LogP contribution in [-0.2, 0) is 28.9 Å². The highest BCUT2D eigenvalue weighted by Crippen LogP contribution is 2.63. The number of halogens is 4. The molecule has 13 aromatic rings. The Morgan fingerprint density at radius 2 is 0.846 bits per heavy atom. The van der Waals surface area contributed by atoms with E-state index in [4.69, 9.17) is 88.7 Å². The summed E-state index contributed by atoms with van der Waals surface area (Å²) in [5, 5.41) is 132. The highest BCUT2D eigenvalue weighted by atomic mass is 32.1. The number of thiazole rings is 4. The Kier molecular flexibility index (Phi) is 27.7. The monoisotopic (exact) mass is 2040 g/mol. The number of hydrogen-bond donors (Lipinski definition) is 17. The van der Waals surface area contributed by atoms with Crippen molar-refractivity contribution in [2.75, 3.05) is 102 Å². The van der Waals surface area contributed by atoms with Gasteiger partial charge in [0.2, 0.25) is 41.5 Å². The molecule has 8 fully saturated rings. The van der Waals surface area contributed by atoms with E-state index in [0.717, 1.165) is 57.8 Å². The number of anilines is 8. The van der Waals surface area contributed by atoms with Gasteiger partial charge in [0.1, 0.15) is 114 Å². The summed E-state index contributed by atoms with van der Waals surface area (Å²) >= 11 is 5.40. The molecule has 1 aromatic carbocycles. The molecule has 756 valence electrons. The molecule has 16 unspecified atom stereocenters. The average molecular weight is 2040 g/mol. The van der Waals surface area contributed by atoms with Crippen molar-refractivity contribution in [3.63, 3.8) is 0 Å². The van der Waals surface area contributed by atoms with Crippen molar-refractivity contribution >= 4 is 133 Å². The van der Waals surface area contributed by atoms with Crippen molar-refractivity contribution in [3.8, 4) is 54.0 Å². The summed E-state index contributed by atoms with van der Waals surface area (Å²) in [5.74, 6) is -4.33. The molecule has 0 saturated heterocycles. The maximum absolute atomic E-state index is 15.4. The second-order valence-electron chi connectivity index (χ2n) is 39.6.